The summed E-state index contributed by atoms with van der Waals surface area (Å²) < 4.78 is 26.9. The van der Waals surface area contributed by atoms with Crippen molar-refractivity contribution < 1.29 is 22.8 Å². The molecule has 3 amide bonds. The molecule has 0 bridgehead atoms. The summed E-state index contributed by atoms with van der Waals surface area (Å²) in [7, 11) is -3.74. The van der Waals surface area contributed by atoms with Crippen molar-refractivity contribution in [2.75, 3.05) is 23.6 Å². The van der Waals surface area contributed by atoms with Gasteiger partial charge in [0.15, 0.2) is 5.13 Å². The van der Waals surface area contributed by atoms with Gasteiger partial charge in [0.25, 0.3) is 15.3 Å². The number of hydrogen-bond acceptors (Lipinski definition) is 8. The maximum absolute atomic E-state index is 12.3. The van der Waals surface area contributed by atoms with Crippen molar-refractivity contribution in [1.82, 2.24) is 15.2 Å². The van der Waals surface area contributed by atoms with Crippen LogP contribution in [0.3, 0.4) is 0 Å². The highest BCUT2D eigenvalue weighted by molar-refractivity contribution is 8.14. The lowest BCUT2D eigenvalue weighted by Crippen LogP contribution is -2.37. The molecule has 0 spiro atoms. The van der Waals surface area contributed by atoms with E-state index in [2.05, 4.69) is 15.0 Å². The zero-order chi connectivity index (χ0) is 20.1. The molecular formula is C16H16N4O5S3. The Balaban J connectivity index is 1.49. The predicted octanol–water partition coefficient (Wildman–Crippen LogP) is 1.30. The van der Waals surface area contributed by atoms with E-state index >= 15 is 0 Å². The van der Waals surface area contributed by atoms with Crippen LogP contribution in [0, 0.1) is 0 Å². The molecule has 9 nitrogen and oxygen atoms in total. The highest BCUT2D eigenvalue weighted by Crippen LogP contribution is 2.20. The third-order valence-electron chi connectivity index (χ3n) is 3.67. The molecule has 0 atom stereocenters. The van der Waals surface area contributed by atoms with Gasteiger partial charge in [0, 0.05) is 18.5 Å². The van der Waals surface area contributed by atoms with Gasteiger partial charge >= 0.3 is 0 Å². The highest BCUT2D eigenvalue weighted by atomic mass is 32.2. The van der Waals surface area contributed by atoms with Crippen molar-refractivity contribution >= 4 is 55.3 Å². The Morgan fingerprint density at radius 1 is 1.21 bits per heavy atom. The maximum Gasteiger partial charge on any atom is 0.288 e. The first-order valence-corrected chi connectivity index (χ1v) is 11.5. The summed E-state index contributed by atoms with van der Waals surface area (Å²) in [5.74, 6) is -0.471. The molecule has 2 heterocycles. The average molecular weight is 441 g/mol. The molecule has 2 N–H and O–H groups in total. The van der Waals surface area contributed by atoms with E-state index in [-0.39, 0.29) is 52.3 Å². The smallest absolute Gasteiger partial charge is 0.288 e. The Labute approximate surface area is 169 Å². The summed E-state index contributed by atoms with van der Waals surface area (Å²) in [4.78, 5) is 40.3. The molecule has 1 saturated heterocycles. The number of rotatable bonds is 8. The summed E-state index contributed by atoms with van der Waals surface area (Å²) in [5.41, 5.74) is 0.414. The lowest BCUT2D eigenvalue weighted by Gasteiger charge is -2.12. The molecule has 1 aromatic carbocycles. The van der Waals surface area contributed by atoms with Crippen LogP contribution in [0.5, 0.6) is 0 Å². The van der Waals surface area contributed by atoms with Gasteiger partial charge < -0.3 is 5.32 Å². The average Bonchev–Trinajstić information content (AvgIpc) is 3.22. The summed E-state index contributed by atoms with van der Waals surface area (Å²) in [6, 6.07) is 7.90. The van der Waals surface area contributed by atoms with Crippen molar-refractivity contribution in [3.05, 3.63) is 41.4 Å². The van der Waals surface area contributed by atoms with Gasteiger partial charge in [-0.15, -0.1) is 11.3 Å². The third kappa shape index (κ3) is 5.09. The number of carbonyl (C=O) groups is 3. The number of nitrogens with zero attached hydrogens (tertiary/aromatic N) is 2. The Hall–Kier alpha value is -2.44. The number of thiazole rings is 1. The number of benzene rings is 1. The zero-order valence-corrected chi connectivity index (χ0v) is 16.9. The largest absolute Gasteiger partial charge is 0.354 e. The topological polar surface area (TPSA) is 126 Å². The van der Waals surface area contributed by atoms with Gasteiger partial charge in [-0.2, -0.15) is 0 Å². The minimum absolute atomic E-state index is 0.0415. The molecule has 0 radical (unpaired) electrons. The van der Waals surface area contributed by atoms with Gasteiger partial charge in [-0.05, 0) is 12.1 Å². The monoisotopic (exact) mass is 440 g/mol. The minimum Gasteiger partial charge on any atom is -0.354 e. The molecular weight excluding hydrogens is 424 g/mol. The summed E-state index contributed by atoms with van der Waals surface area (Å²) in [6.45, 7) is 0.268. The van der Waals surface area contributed by atoms with Gasteiger partial charge in [-0.1, -0.05) is 30.0 Å². The molecule has 0 saturated carbocycles. The number of nitrogens with one attached hydrogen (secondary N) is 2. The molecule has 3 rings (SSSR count). The van der Waals surface area contributed by atoms with Gasteiger partial charge in [0.1, 0.15) is 0 Å². The number of anilines is 1. The minimum atomic E-state index is -3.74. The molecule has 12 heteroatoms. The van der Waals surface area contributed by atoms with Crippen LogP contribution in [0.4, 0.5) is 9.93 Å². The molecule has 0 aliphatic carbocycles. The number of hydrogen-bond donors (Lipinski definition) is 2. The standard InChI is InChI=1S/C16H16N4O5S3/c21-13(17-6-7-20-14(22)10-27-16(20)23)8-11-9-26-15(18-11)19-28(24,25)12-4-2-1-3-5-12/h1-5,9H,6-8,10H2,(H,17,21)(H,18,19). The Morgan fingerprint density at radius 2 is 1.96 bits per heavy atom. The first kappa shape index (κ1) is 20.3. The summed E-state index contributed by atoms with van der Waals surface area (Å²) in [5, 5.41) is 4.06. The Kier molecular flexibility index (Phi) is 6.31. The fraction of sp³-hybridized carbons (Fsp3) is 0.250. The molecule has 1 fully saturated rings. The van der Waals surface area contributed by atoms with Crippen LogP contribution in [0.15, 0.2) is 40.6 Å². The van der Waals surface area contributed by atoms with Crippen molar-refractivity contribution in [3.8, 4) is 0 Å². The number of aromatic nitrogens is 1. The van der Waals surface area contributed by atoms with E-state index in [1.165, 1.54) is 12.1 Å². The molecule has 148 valence electrons. The normalized spacial score (nSPS) is 14.4. The first-order chi connectivity index (χ1) is 13.3. The quantitative estimate of drug-likeness (QED) is 0.634. The second kappa shape index (κ2) is 8.71. The lowest BCUT2D eigenvalue weighted by molar-refractivity contribution is -0.125. The molecule has 0 unspecified atom stereocenters. The second-order valence-corrected chi connectivity index (χ2v) is 9.16. The van der Waals surface area contributed by atoms with E-state index in [1.807, 2.05) is 0 Å². The summed E-state index contributed by atoms with van der Waals surface area (Å²) >= 11 is 2.02. The van der Waals surface area contributed by atoms with Crippen LogP contribution in [0.25, 0.3) is 0 Å². The highest BCUT2D eigenvalue weighted by Gasteiger charge is 2.29. The van der Waals surface area contributed by atoms with Gasteiger partial charge in [-0.25, -0.2) is 13.4 Å². The van der Waals surface area contributed by atoms with Gasteiger partial charge in [0.2, 0.25) is 11.8 Å². The molecule has 28 heavy (non-hydrogen) atoms. The van der Waals surface area contributed by atoms with Gasteiger partial charge in [-0.3, -0.25) is 24.0 Å². The van der Waals surface area contributed by atoms with Crippen molar-refractivity contribution in [3.63, 3.8) is 0 Å². The second-order valence-electron chi connectivity index (χ2n) is 5.69. The lowest BCUT2D eigenvalue weighted by atomic mass is 10.3. The van der Waals surface area contributed by atoms with E-state index in [4.69, 9.17) is 0 Å². The van der Waals surface area contributed by atoms with E-state index in [0.29, 0.717) is 5.69 Å². The molecule has 1 aliphatic heterocycles. The first-order valence-electron chi connectivity index (χ1n) is 8.11. The molecule has 2 aromatic rings. The number of amides is 3. The molecule has 1 aliphatic rings. The number of sulfonamides is 1. The van der Waals surface area contributed by atoms with Crippen LogP contribution >= 0.6 is 23.1 Å². The summed E-state index contributed by atoms with van der Waals surface area (Å²) in [6.07, 6.45) is -0.0415. The van der Waals surface area contributed by atoms with E-state index in [9.17, 15) is 22.8 Å². The maximum atomic E-state index is 12.3. The van der Waals surface area contributed by atoms with Crippen LogP contribution in [0.1, 0.15) is 5.69 Å². The van der Waals surface area contributed by atoms with Crippen LogP contribution in [-0.4, -0.2) is 54.2 Å². The van der Waals surface area contributed by atoms with Gasteiger partial charge in [0.05, 0.1) is 22.8 Å². The number of thioether (sulfide) groups is 1. The number of carbonyl (C=O) groups excluding carboxylic acids is 3. The Morgan fingerprint density at radius 3 is 2.64 bits per heavy atom. The fourth-order valence-corrected chi connectivity index (χ4v) is 5.08. The zero-order valence-electron chi connectivity index (χ0n) is 14.5. The van der Waals surface area contributed by atoms with E-state index in [1.54, 1.807) is 23.6 Å². The van der Waals surface area contributed by atoms with Crippen LogP contribution in [-0.2, 0) is 26.0 Å². The van der Waals surface area contributed by atoms with E-state index < -0.39 is 10.0 Å². The predicted molar refractivity (Wildman–Crippen MR) is 106 cm³/mol. The fourth-order valence-electron chi connectivity index (χ4n) is 2.34. The SMILES string of the molecule is O=C(Cc1csc(NS(=O)(=O)c2ccccc2)n1)NCCN1C(=O)CSC1=O. The third-order valence-corrected chi connectivity index (χ3v) is 6.82. The molecule has 1 aromatic heterocycles. The van der Waals surface area contributed by atoms with Crippen LogP contribution in [0.2, 0.25) is 0 Å². The van der Waals surface area contributed by atoms with Crippen molar-refractivity contribution in [2.24, 2.45) is 0 Å². The van der Waals surface area contributed by atoms with E-state index in [0.717, 1.165) is 28.0 Å². The van der Waals surface area contributed by atoms with Crippen molar-refractivity contribution in [1.29, 1.82) is 0 Å². The van der Waals surface area contributed by atoms with Crippen molar-refractivity contribution in [2.45, 2.75) is 11.3 Å². The van der Waals surface area contributed by atoms with Crippen LogP contribution < -0.4 is 10.0 Å². The number of imide groups is 1. The Bertz CT molecular complexity index is 975.